The van der Waals surface area contributed by atoms with Crippen LogP contribution in [-0.4, -0.2) is 10.9 Å². The topological polar surface area (TPSA) is 17.1 Å². The van der Waals surface area contributed by atoms with Crippen LogP contribution in [0, 0.1) is 11.8 Å². The number of thiol groups is 1. The third-order valence-corrected chi connectivity index (χ3v) is 2.75. The molecule has 0 unspecified atom stereocenters. The Bertz CT molecular complexity index is 402. The average Bonchev–Trinajstić information content (AvgIpc) is 2.24. The Morgan fingerprint density at radius 3 is 3.00 bits per heavy atom. The van der Waals surface area contributed by atoms with E-state index in [9.17, 15) is 4.79 Å². The van der Waals surface area contributed by atoms with Gasteiger partial charge in [-0.2, -0.15) is 12.6 Å². The van der Waals surface area contributed by atoms with Gasteiger partial charge in [-0.3, -0.25) is 4.79 Å². The lowest BCUT2D eigenvalue weighted by molar-refractivity contribution is -0.109. The van der Waals surface area contributed by atoms with Crippen LogP contribution < -0.4 is 0 Å². The van der Waals surface area contributed by atoms with E-state index in [0.29, 0.717) is 5.75 Å². The molecule has 0 N–H and O–H groups in total. The lowest BCUT2D eigenvalue weighted by Gasteiger charge is -1.95. The fourth-order valence-electron chi connectivity index (χ4n) is 1.02. The number of thioether (sulfide) groups is 1. The summed E-state index contributed by atoms with van der Waals surface area (Å²) in [5, 5.41) is 0.105. The molecule has 3 heteroatoms. The SMILES string of the molecule is CC(=O)SCC#Cc1cccc(CS)c1. The molecule has 0 aliphatic carbocycles. The van der Waals surface area contributed by atoms with Crippen molar-refractivity contribution in [2.75, 3.05) is 5.75 Å². The summed E-state index contributed by atoms with van der Waals surface area (Å²) < 4.78 is 0. The van der Waals surface area contributed by atoms with Crippen LogP contribution in [0.4, 0.5) is 0 Å². The second-order valence-electron chi connectivity index (χ2n) is 2.94. The van der Waals surface area contributed by atoms with E-state index in [1.807, 2.05) is 24.3 Å². The maximum absolute atomic E-state index is 10.6. The first-order chi connectivity index (χ1) is 7.22. The van der Waals surface area contributed by atoms with Crippen LogP contribution in [0.15, 0.2) is 24.3 Å². The molecule has 15 heavy (non-hydrogen) atoms. The van der Waals surface area contributed by atoms with E-state index in [2.05, 4.69) is 24.5 Å². The van der Waals surface area contributed by atoms with Gasteiger partial charge in [0.05, 0.1) is 5.75 Å². The number of hydrogen-bond acceptors (Lipinski definition) is 3. The first-order valence-electron chi connectivity index (χ1n) is 4.54. The van der Waals surface area contributed by atoms with Gasteiger partial charge in [-0.15, -0.1) is 0 Å². The van der Waals surface area contributed by atoms with Gasteiger partial charge in [0, 0.05) is 18.2 Å². The Labute approximate surface area is 100 Å². The molecule has 1 nitrogen and oxygen atoms in total. The highest BCUT2D eigenvalue weighted by Crippen LogP contribution is 2.06. The van der Waals surface area contributed by atoms with Crippen molar-refractivity contribution >= 4 is 29.5 Å². The van der Waals surface area contributed by atoms with Crippen molar-refractivity contribution in [2.45, 2.75) is 12.7 Å². The molecule has 0 aliphatic rings. The van der Waals surface area contributed by atoms with Crippen molar-refractivity contribution < 1.29 is 4.79 Å². The van der Waals surface area contributed by atoms with E-state index in [1.165, 1.54) is 11.8 Å². The van der Waals surface area contributed by atoms with Crippen molar-refractivity contribution in [2.24, 2.45) is 0 Å². The van der Waals surface area contributed by atoms with Crippen LogP contribution in [0.1, 0.15) is 18.1 Å². The number of hydrogen-bond donors (Lipinski definition) is 1. The molecular weight excluding hydrogens is 224 g/mol. The second kappa shape index (κ2) is 6.60. The van der Waals surface area contributed by atoms with Crippen LogP contribution in [-0.2, 0) is 10.5 Å². The molecular formula is C12H12OS2. The summed E-state index contributed by atoms with van der Waals surface area (Å²) in [7, 11) is 0. The summed E-state index contributed by atoms with van der Waals surface area (Å²) in [6.45, 7) is 1.55. The van der Waals surface area contributed by atoms with E-state index in [4.69, 9.17) is 0 Å². The highest BCUT2D eigenvalue weighted by atomic mass is 32.2. The molecule has 0 fully saturated rings. The van der Waals surface area contributed by atoms with Gasteiger partial charge >= 0.3 is 0 Å². The predicted octanol–water partition coefficient (Wildman–Crippen LogP) is 2.75. The molecule has 0 radical (unpaired) electrons. The zero-order valence-corrected chi connectivity index (χ0v) is 10.2. The summed E-state index contributed by atoms with van der Waals surface area (Å²) >= 11 is 5.43. The van der Waals surface area contributed by atoms with Crippen LogP contribution in [0.3, 0.4) is 0 Å². The molecule has 0 atom stereocenters. The molecule has 0 bridgehead atoms. The van der Waals surface area contributed by atoms with Crippen molar-refractivity contribution in [3.63, 3.8) is 0 Å². The monoisotopic (exact) mass is 236 g/mol. The molecule has 0 aliphatic heterocycles. The molecule has 1 aromatic rings. The Morgan fingerprint density at radius 1 is 1.53 bits per heavy atom. The average molecular weight is 236 g/mol. The molecule has 0 amide bonds. The fourth-order valence-corrected chi connectivity index (χ4v) is 1.57. The van der Waals surface area contributed by atoms with E-state index in [0.717, 1.165) is 16.9 Å². The summed E-state index contributed by atoms with van der Waals surface area (Å²) in [6.07, 6.45) is 0. The van der Waals surface area contributed by atoms with E-state index in [-0.39, 0.29) is 5.12 Å². The highest BCUT2D eigenvalue weighted by Gasteiger charge is 1.91. The van der Waals surface area contributed by atoms with Crippen LogP contribution >= 0.6 is 24.4 Å². The number of rotatable bonds is 2. The van der Waals surface area contributed by atoms with Crippen LogP contribution in [0.25, 0.3) is 0 Å². The summed E-state index contributed by atoms with van der Waals surface area (Å²) in [5.74, 6) is 7.25. The lowest BCUT2D eigenvalue weighted by atomic mass is 10.1. The molecule has 0 aromatic heterocycles. The number of carbonyl (C=O) groups is 1. The molecule has 1 rings (SSSR count). The smallest absolute Gasteiger partial charge is 0.186 e. The van der Waals surface area contributed by atoms with Crippen molar-refractivity contribution in [3.8, 4) is 11.8 Å². The van der Waals surface area contributed by atoms with Crippen LogP contribution in [0.2, 0.25) is 0 Å². The molecule has 0 heterocycles. The van der Waals surface area contributed by atoms with E-state index >= 15 is 0 Å². The van der Waals surface area contributed by atoms with E-state index in [1.54, 1.807) is 6.92 Å². The highest BCUT2D eigenvalue weighted by molar-refractivity contribution is 8.13. The van der Waals surface area contributed by atoms with Gasteiger partial charge in [0.15, 0.2) is 5.12 Å². The van der Waals surface area contributed by atoms with Gasteiger partial charge in [0.25, 0.3) is 0 Å². The summed E-state index contributed by atoms with van der Waals surface area (Å²) in [6, 6.07) is 7.95. The quantitative estimate of drug-likeness (QED) is 0.628. The Kier molecular flexibility index (Phi) is 5.38. The molecule has 78 valence electrons. The number of benzene rings is 1. The van der Waals surface area contributed by atoms with Gasteiger partial charge in [0.2, 0.25) is 0 Å². The normalized spacial score (nSPS) is 9.20. The Balaban J connectivity index is 2.59. The van der Waals surface area contributed by atoms with Gasteiger partial charge in [0.1, 0.15) is 0 Å². The molecule has 0 saturated heterocycles. The van der Waals surface area contributed by atoms with Gasteiger partial charge in [-0.1, -0.05) is 35.7 Å². The minimum absolute atomic E-state index is 0.105. The number of carbonyl (C=O) groups excluding carboxylic acids is 1. The van der Waals surface area contributed by atoms with Crippen molar-refractivity contribution in [1.82, 2.24) is 0 Å². The zero-order valence-electron chi connectivity index (χ0n) is 8.49. The molecule has 0 spiro atoms. The van der Waals surface area contributed by atoms with E-state index < -0.39 is 0 Å². The largest absolute Gasteiger partial charge is 0.288 e. The van der Waals surface area contributed by atoms with Crippen molar-refractivity contribution in [1.29, 1.82) is 0 Å². The van der Waals surface area contributed by atoms with Gasteiger partial charge < -0.3 is 0 Å². The van der Waals surface area contributed by atoms with Crippen LogP contribution in [0.5, 0.6) is 0 Å². The Morgan fingerprint density at radius 2 is 2.33 bits per heavy atom. The maximum Gasteiger partial charge on any atom is 0.186 e. The Hall–Kier alpha value is -0.850. The first-order valence-corrected chi connectivity index (χ1v) is 6.16. The van der Waals surface area contributed by atoms with Crippen molar-refractivity contribution in [3.05, 3.63) is 35.4 Å². The zero-order chi connectivity index (χ0) is 11.1. The molecule has 0 saturated carbocycles. The van der Waals surface area contributed by atoms with Gasteiger partial charge in [-0.05, 0) is 17.7 Å². The molecule has 1 aromatic carbocycles. The standard InChI is InChI=1S/C12H12OS2/c1-10(13)15-7-3-6-11-4-2-5-12(8-11)9-14/h2,4-5,8,14H,7,9H2,1H3. The lowest BCUT2D eigenvalue weighted by Crippen LogP contribution is -1.83. The van der Waals surface area contributed by atoms with Gasteiger partial charge in [-0.25, -0.2) is 0 Å². The third-order valence-electron chi connectivity index (χ3n) is 1.69. The summed E-state index contributed by atoms with van der Waals surface area (Å²) in [4.78, 5) is 10.6. The maximum atomic E-state index is 10.6. The fraction of sp³-hybridized carbons (Fsp3) is 0.250. The summed E-state index contributed by atoms with van der Waals surface area (Å²) in [5.41, 5.74) is 2.13. The second-order valence-corrected chi connectivity index (χ2v) is 4.41. The predicted molar refractivity (Wildman–Crippen MR) is 69.1 cm³/mol. The minimum atomic E-state index is 0.105. The minimum Gasteiger partial charge on any atom is -0.288 e. The third kappa shape index (κ3) is 4.96. The first kappa shape index (κ1) is 12.2.